The highest BCUT2D eigenvalue weighted by Gasteiger charge is 2.22. The van der Waals surface area contributed by atoms with Crippen molar-refractivity contribution in [1.29, 1.82) is 0 Å². The average molecular weight is 354 g/mol. The maximum atomic E-state index is 12.1. The predicted molar refractivity (Wildman–Crippen MR) is 91.4 cm³/mol. The lowest BCUT2D eigenvalue weighted by Gasteiger charge is -2.22. The van der Waals surface area contributed by atoms with E-state index in [1.807, 2.05) is 13.0 Å². The summed E-state index contributed by atoms with van der Waals surface area (Å²) in [4.78, 5) is 25.1. The first-order chi connectivity index (χ1) is 11.3. The molecular formula is C15H22N4O4S. The Bertz CT molecular complexity index is 720. The van der Waals surface area contributed by atoms with Crippen molar-refractivity contribution >= 4 is 27.6 Å². The van der Waals surface area contributed by atoms with E-state index in [1.165, 1.54) is 0 Å². The van der Waals surface area contributed by atoms with Crippen LogP contribution in [0, 0.1) is 6.92 Å². The van der Waals surface area contributed by atoms with Crippen LogP contribution in [0.1, 0.15) is 5.56 Å². The van der Waals surface area contributed by atoms with Crippen LogP contribution in [0.2, 0.25) is 0 Å². The Hall–Kier alpha value is -2.29. The van der Waals surface area contributed by atoms with Gasteiger partial charge in [0.2, 0.25) is 15.9 Å². The summed E-state index contributed by atoms with van der Waals surface area (Å²) in [5, 5.41) is 5.32. The standard InChI is InChI=1S/C15H22N4O4S/c1-12-4-3-5-13(10-12)19(24(2,22)23)11-14(20)16-6-8-18-9-7-17-15(18)21/h3-5,10H,6-9,11H2,1-2H3,(H,16,20)(H,17,21). The van der Waals surface area contributed by atoms with Crippen molar-refractivity contribution in [3.05, 3.63) is 29.8 Å². The highest BCUT2D eigenvalue weighted by atomic mass is 32.2. The van der Waals surface area contributed by atoms with Crippen LogP contribution < -0.4 is 14.9 Å². The molecule has 2 N–H and O–H groups in total. The minimum absolute atomic E-state index is 0.151. The molecule has 1 aromatic carbocycles. The van der Waals surface area contributed by atoms with E-state index < -0.39 is 15.9 Å². The summed E-state index contributed by atoms with van der Waals surface area (Å²) < 4.78 is 25.0. The molecule has 0 radical (unpaired) electrons. The van der Waals surface area contributed by atoms with E-state index in [9.17, 15) is 18.0 Å². The first-order valence-corrected chi connectivity index (χ1v) is 9.46. The number of urea groups is 1. The number of hydrogen-bond donors (Lipinski definition) is 2. The molecule has 1 aliphatic heterocycles. The second-order valence-corrected chi connectivity index (χ2v) is 7.58. The van der Waals surface area contributed by atoms with Crippen molar-refractivity contribution in [1.82, 2.24) is 15.5 Å². The fourth-order valence-electron chi connectivity index (χ4n) is 2.42. The van der Waals surface area contributed by atoms with Crippen LogP contribution in [0.15, 0.2) is 24.3 Å². The summed E-state index contributed by atoms with van der Waals surface area (Å²) in [5.41, 5.74) is 1.35. The lowest BCUT2D eigenvalue weighted by atomic mass is 10.2. The Morgan fingerprint density at radius 3 is 2.75 bits per heavy atom. The van der Waals surface area contributed by atoms with Crippen molar-refractivity contribution in [2.45, 2.75) is 6.92 Å². The fourth-order valence-corrected chi connectivity index (χ4v) is 3.27. The number of amides is 3. The Kier molecular flexibility index (Phi) is 5.66. The molecule has 0 aliphatic carbocycles. The molecule has 0 bridgehead atoms. The lowest BCUT2D eigenvalue weighted by molar-refractivity contribution is -0.119. The number of carbonyl (C=O) groups excluding carboxylic acids is 2. The Balaban J connectivity index is 1.94. The molecule has 9 heteroatoms. The van der Waals surface area contributed by atoms with Gasteiger partial charge in [-0.05, 0) is 24.6 Å². The topological polar surface area (TPSA) is 98.8 Å². The van der Waals surface area contributed by atoms with E-state index in [-0.39, 0.29) is 19.1 Å². The van der Waals surface area contributed by atoms with Gasteiger partial charge < -0.3 is 15.5 Å². The fraction of sp³-hybridized carbons (Fsp3) is 0.467. The summed E-state index contributed by atoms with van der Waals surface area (Å²) in [6.07, 6.45) is 1.07. The van der Waals surface area contributed by atoms with Crippen LogP contribution in [0.5, 0.6) is 0 Å². The molecule has 1 fully saturated rings. The highest BCUT2D eigenvalue weighted by Crippen LogP contribution is 2.18. The first kappa shape index (κ1) is 18.1. The monoisotopic (exact) mass is 354 g/mol. The smallest absolute Gasteiger partial charge is 0.317 e. The number of carbonyl (C=O) groups is 2. The molecule has 1 heterocycles. The van der Waals surface area contributed by atoms with Crippen LogP contribution in [0.25, 0.3) is 0 Å². The maximum absolute atomic E-state index is 12.1. The number of benzene rings is 1. The van der Waals surface area contributed by atoms with E-state index in [1.54, 1.807) is 23.1 Å². The third-order valence-corrected chi connectivity index (χ3v) is 4.77. The van der Waals surface area contributed by atoms with E-state index >= 15 is 0 Å². The summed E-state index contributed by atoms with van der Waals surface area (Å²) >= 11 is 0. The normalized spacial score (nSPS) is 14.4. The summed E-state index contributed by atoms with van der Waals surface area (Å²) in [6, 6.07) is 6.80. The second-order valence-electron chi connectivity index (χ2n) is 5.68. The number of aryl methyl sites for hydroxylation is 1. The third kappa shape index (κ3) is 4.85. The Morgan fingerprint density at radius 2 is 2.17 bits per heavy atom. The van der Waals surface area contributed by atoms with Gasteiger partial charge in [-0.2, -0.15) is 0 Å². The van der Waals surface area contributed by atoms with Crippen molar-refractivity contribution in [3.63, 3.8) is 0 Å². The molecule has 3 amide bonds. The van der Waals surface area contributed by atoms with Crippen molar-refractivity contribution in [2.75, 3.05) is 43.3 Å². The van der Waals surface area contributed by atoms with Crippen LogP contribution in [0.3, 0.4) is 0 Å². The Morgan fingerprint density at radius 1 is 1.42 bits per heavy atom. The summed E-state index contributed by atoms with van der Waals surface area (Å²) in [6.45, 7) is 3.42. The minimum Gasteiger partial charge on any atom is -0.353 e. The minimum atomic E-state index is -3.58. The molecule has 2 rings (SSSR count). The highest BCUT2D eigenvalue weighted by molar-refractivity contribution is 7.92. The number of nitrogens with zero attached hydrogens (tertiary/aromatic N) is 2. The van der Waals surface area contributed by atoms with Gasteiger partial charge in [-0.25, -0.2) is 13.2 Å². The van der Waals surface area contributed by atoms with Gasteiger partial charge in [-0.15, -0.1) is 0 Å². The zero-order chi connectivity index (χ0) is 17.7. The molecule has 24 heavy (non-hydrogen) atoms. The molecule has 1 saturated heterocycles. The number of sulfonamides is 1. The van der Waals surface area contributed by atoms with Gasteiger partial charge in [-0.3, -0.25) is 9.10 Å². The molecule has 8 nitrogen and oxygen atoms in total. The van der Waals surface area contributed by atoms with Gasteiger partial charge >= 0.3 is 6.03 Å². The van der Waals surface area contributed by atoms with Crippen LogP contribution in [0.4, 0.5) is 10.5 Å². The first-order valence-electron chi connectivity index (χ1n) is 7.61. The molecular weight excluding hydrogens is 332 g/mol. The van der Waals surface area contributed by atoms with Crippen molar-refractivity contribution in [3.8, 4) is 0 Å². The second kappa shape index (κ2) is 7.52. The van der Waals surface area contributed by atoms with Crippen LogP contribution in [-0.4, -0.2) is 64.2 Å². The van der Waals surface area contributed by atoms with Gasteiger partial charge in [0, 0.05) is 26.2 Å². The van der Waals surface area contributed by atoms with Gasteiger partial charge in [0.25, 0.3) is 0 Å². The van der Waals surface area contributed by atoms with E-state index in [0.29, 0.717) is 25.3 Å². The number of hydrogen-bond acceptors (Lipinski definition) is 4. The number of rotatable bonds is 7. The van der Waals surface area contributed by atoms with E-state index in [4.69, 9.17) is 0 Å². The molecule has 0 aromatic heterocycles. The van der Waals surface area contributed by atoms with Gasteiger partial charge in [0.1, 0.15) is 6.54 Å². The van der Waals surface area contributed by atoms with Crippen molar-refractivity contribution < 1.29 is 18.0 Å². The zero-order valence-corrected chi connectivity index (χ0v) is 14.6. The van der Waals surface area contributed by atoms with Gasteiger partial charge in [-0.1, -0.05) is 12.1 Å². The Labute approximate surface area is 141 Å². The molecule has 0 atom stereocenters. The molecule has 132 valence electrons. The van der Waals surface area contributed by atoms with E-state index in [2.05, 4.69) is 10.6 Å². The molecule has 1 aliphatic rings. The summed E-state index contributed by atoms with van der Waals surface area (Å²) in [7, 11) is -3.58. The lowest BCUT2D eigenvalue weighted by Crippen LogP contribution is -2.43. The zero-order valence-electron chi connectivity index (χ0n) is 13.8. The van der Waals surface area contributed by atoms with Crippen molar-refractivity contribution in [2.24, 2.45) is 0 Å². The van der Waals surface area contributed by atoms with Crippen LogP contribution >= 0.6 is 0 Å². The number of nitrogens with one attached hydrogen (secondary N) is 2. The van der Waals surface area contributed by atoms with E-state index in [0.717, 1.165) is 16.1 Å². The SMILES string of the molecule is Cc1cccc(N(CC(=O)NCCN2CCNC2=O)S(C)(=O)=O)c1. The predicted octanol–water partition coefficient (Wildman–Crippen LogP) is -0.0976. The number of anilines is 1. The molecule has 0 spiro atoms. The summed E-state index contributed by atoms with van der Waals surface area (Å²) in [5.74, 6) is -0.415. The van der Waals surface area contributed by atoms with Gasteiger partial charge in [0.05, 0.1) is 11.9 Å². The molecule has 0 saturated carbocycles. The van der Waals surface area contributed by atoms with Crippen LogP contribution in [-0.2, 0) is 14.8 Å². The molecule has 1 aromatic rings. The molecule has 0 unspecified atom stereocenters. The third-order valence-electron chi connectivity index (χ3n) is 3.63. The quantitative estimate of drug-likeness (QED) is 0.714. The average Bonchev–Trinajstić information content (AvgIpc) is 2.89. The maximum Gasteiger partial charge on any atom is 0.317 e. The van der Waals surface area contributed by atoms with Gasteiger partial charge in [0.15, 0.2) is 0 Å². The largest absolute Gasteiger partial charge is 0.353 e.